The normalized spacial score (nSPS) is 16.1. The van der Waals surface area contributed by atoms with Crippen LogP contribution in [0.1, 0.15) is 38.3 Å². The molecule has 1 aromatic heterocycles. The number of hydrogen-bond donors (Lipinski definition) is 1. The molecule has 1 aliphatic rings. The highest BCUT2D eigenvalue weighted by atomic mass is 32.2. The summed E-state index contributed by atoms with van der Waals surface area (Å²) in [6.45, 7) is 3.97. The van der Waals surface area contributed by atoms with Gasteiger partial charge in [-0.3, -0.25) is 13.8 Å². The Morgan fingerprint density at radius 3 is 2.74 bits per heavy atom. The summed E-state index contributed by atoms with van der Waals surface area (Å²) in [5.41, 5.74) is 0.329. The van der Waals surface area contributed by atoms with Gasteiger partial charge in [-0.05, 0) is 25.7 Å². The van der Waals surface area contributed by atoms with Crippen LogP contribution in [0.5, 0.6) is 5.75 Å². The van der Waals surface area contributed by atoms with E-state index >= 15 is 0 Å². The molecular formula is C16H24N2O4S. The molecule has 23 heavy (non-hydrogen) atoms. The number of rotatable bonds is 7. The van der Waals surface area contributed by atoms with E-state index < -0.39 is 10.8 Å². The number of carbonyl (C=O) groups excluding carboxylic acids is 1. The topological polar surface area (TPSA) is 79.5 Å². The fourth-order valence-corrected chi connectivity index (χ4v) is 3.58. The van der Waals surface area contributed by atoms with Gasteiger partial charge in [-0.25, -0.2) is 0 Å². The lowest BCUT2D eigenvalue weighted by atomic mass is 10.1. The number of nitrogens with one attached hydrogen (secondary N) is 1. The third-order valence-corrected chi connectivity index (χ3v) is 4.91. The standard InChI is InChI=1S/C16H24N2O4S/c1-2-8-22-15-10-17-13(9-14(15)19)11-23(21)12-16(20)18-6-4-3-5-7-18/h9-10H,2-8,11-12H2,1H3,(H,17,19). The van der Waals surface area contributed by atoms with Crippen LogP contribution < -0.4 is 10.2 Å². The van der Waals surface area contributed by atoms with Gasteiger partial charge in [0.25, 0.3) is 0 Å². The third kappa shape index (κ3) is 5.49. The van der Waals surface area contributed by atoms with Crippen molar-refractivity contribution in [1.82, 2.24) is 9.88 Å². The Morgan fingerprint density at radius 2 is 2.09 bits per heavy atom. The van der Waals surface area contributed by atoms with Crippen molar-refractivity contribution in [3.63, 3.8) is 0 Å². The van der Waals surface area contributed by atoms with Gasteiger partial charge in [-0.2, -0.15) is 0 Å². The maximum Gasteiger partial charge on any atom is 0.235 e. The second-order valence-electron chi connectivity index (χ2n) is 5.71. The Balaban J connectivity index is 1.88. The Bertz CT molecular complexity index is 608. The van der Waals surface area contributed by atoms with Gasteiger partial charge in [-0.1, -0.05) is 6.92 Å². The lowest BCUT2D eigenvalue weighted by Crippen LogP contribution is -2.38. The van der Waals surface area contributed by atoms with E-state index in [4.69, 9.17) is 4.74 Å². The van der Waals surface area contributed by atoms with Crippen molar-refractivity contribution in [2.24, 2.45) is 0 Å². The number of piperidine rings is 1. The monoisotopic (exact) mass is 340 g/mol. The molecule has 0 aliphatic carbocycles. The van der Waals surface area contributed by atoms with E-state index in [1.807, 2.05) is 6.92 Å². The number of aromatic nitrogens is 1. The fourth-order valence-electron chi connectivity index (χ4n) is 2.51. The van der Waals surface area contributed by atoms with E-state index in [0.717, 1.165) is 38.8 Å². The maximum absolute atomic E-state index is 12.1. The van der Waals surface area contributed by atoms with Gasteiger partial charge in [-0.15, -0.1) is 0 Å². The van der Waals surface area contributed by atoms with Crippen LogP contribution in [-0.4, -0.2) is 45.4 Å². The number of pyridine rings is 1. The zero-order chi connectivity index (χ0) is 16.7. The highest BCUT2D eigenvalue weighted by Crippen LogP contribution is 2.10. The van der Waals surface area contributed by atoms with Gasteiger partial charge in [0, 0.05) is 41.8 Å². The molecule has 7 heteroatoms. The van der Waals surface area contributed by atoms with Crippen molar-refractivity contribution in [2.75, 3.05) is 25.4 Å². The van der Waals surface area contributed by atoms with Crippen LogP contribution in [0.15, 0.2) is 17.1 Å². The van der Waals surface area contributed by atoms with Gasteiger partial charge in [0.05, 0.1) is 12.4 Å². The highest BCUT2D eigenvalue weighted by molar-refractivity contribution is 7.84. The molecule has 1 fully saturated rings. The molecule has 2 rings (SSSR count). The van der Waals surface area contributed by atoms with Gasteiger partial charge in [0.15, 0.2) is 5.75 Å². The predicted octanol–water partition coefficient (Wildman–Crippen LogP) is 1.42. The molecule has 128 valence electrons. The molecule has 1 saturated heterocycles. The number of aromatic amines is 1. The first-order valence-corrected chi connectivity index (χ1v) is 9.56. The van der Waals surface area contributed by atoms with Crippen molar-refractivity contribution in [3.05, 3.63) is 28.2 Å². The summed E-state index contributed by atoms with van der Waals surface area (Å²) in [4.78, 5) is 28.7. The minimum absolute atomic E-state index is 0.0100. The van der Waals surface area contributed by atoms with E-state index in [1.165, 1.54) is 12.3 Å². The molecule has 0 spiro atoms. The summed E-state index contributed by atoms with van der Waals surface area (Å²) in [6, 6.07) is 1.40. The van der Waals surface area contributed by atoms with Crippen molar-refractivity contribution >= 4 is 16.7 Å². The molecular weight excluding hydrogens is 316 g/mol. The fraction of sp³-hybridized carbons (Fsp3) is 0.625. The zero-order valence-electron chi connectivity index (χ0n) is 13.5. The molecule has 1 N–H and O–H groups in total. The number of hydrogen-bond acceptors (Lipinski definition) is 4. The molecule has 0 bridgehead atoms. The molecule has 0 saturated carbocycles. The van der Waals surface area contributed by atoms with Crippen molar-refractivity contribution in [1.29, 1.82) is 0 Å². The quantitative estimate of drug-likeness (QED) is 0.814. The van der Waals surface area contributed by atoms with E-state index in [0.29, 0.717) is 12.3 Å². The van der Waals surface area contributed by atoms with Crippen LogP contribution in [0.25, 0.3) is 0 Å². The largest absolute Gasteiger partial charge is 0.488 e. The number of nitrogens with zero attached hydrogens (tertiary/aromatic N) is 1. The van der Waals surface area contributed by atoms with E-state index in [9.17, 15) is 13.8 Å². The summed E-state index contributed by atoms with van der Waals surface area (Å²) in [6.07, 6.45) is 5.51. The average molecular weight is 340 g/mol. The predicted molar refractivity (Wildman–Crippen MR) is 90.0 cm³/mol. The molecule has 1 unspecified atom stereocenters. The molecule has 1 aliphatic heterocycles. The molecule has 1 aromatic rings. The number of amides is 1. The van der Waals surface area contributed by atoms with Crippen molar-refractivity contribution in [2.45, 2.75) is 38.4 Å². The first-order valence-electron chi connectivity index (χ1n) is 8.07. The lowest BCUT2D eigenvalue weighted by molar-refractivity contribution is -0.129. The van der Waals surface area contributed by atoms with Gasteiger partial charge in [0.1, 0.15) is 5.75 Å². The number of ether oxygens (including phenoxy) is 1. The van der Waals surface area contributed by atoms with E-state index in [2.05, 4.69) is 4.98 Å². The van der Waals surface area contributed by atoms with Gasteiger partial charge in [0.2, 0.25) is 11.3 Å². The summed E-state index contributed by atoms with van der Waals surface area (Å²) >= 11 is 0. The molecule has 0 radical (unpaired) electrons. The summed E-state index contributed by atoms with van der Waals surface area (Å²) < 4.78 is 17.5. The van der Waals surface area contributed by atoms with Crippen LogP contribution in [-0.2, 0) is 21.3 Å². The minimum atomic E-state index is -1.33. The molecule has 1 atom stereocenters. The molecule has 0 aromatic carbocycles. The van der Waals surface area contributed by atoms with Crippen molar-refractivity contribution < 1.29 is 13.7 Å². The average Bonchev–Trinajstić information content (AvgIpc) is 2.55. The summed E-state index contributed by atoms with van der Waals surface area (Å²) in [5.74, 6) is 0.387. The Labute approximate surface area is 138 Å². The van der Waals surface area contributed by atoms with Gasteiger partial charge < -0.3 is 14.6 Å². The molecule has 1 amide bonds. The second-order valence-corrected chi connectivity index (χ2v) is 7.16. The van der Waals surface area contributed by atoms with Crippen LogP contribution in [0.2, 0.25) is 0 Å². The molecule has 2 heterocycles. The van der Waals surface area contributed by atoms with Gasteiger partial charge >= 0.3 is 0 Å². The van der Waals surface area contributed by atoms with Crippen molar-refractivity contribution in [3.8, 4) is 5.75 Å². The minimum Gasteiger partial charge on any atom is -0.488 e. The maximum atomic E-state index is 12.1. The van der Waals surface area contributed by atoms with Crippen LogP contribution in [0.4, 0.5) is 0 Å². The Hall–Kier alpha value is -1.63. The van der Waals surface area contributed by atoms with Crippen LogP contribution >= 0.6 is 0 Å². The van der Waals surface area contributed by atoms with E-state index in [-0.39, 0.29) is 28.6 Å². The lowest BCUT2D eigenvalue weighted by Gasteiger charge is -2.26. The second kappa shape index (κ2) is 8.86. The smallest absolute Gasteiger partial charge is 0.235 e. The Kier molecular flexibility index (Phi) is 6.83. The number of H-pyrrole nitrogens is 1. The third-order valence-electron chi connectivity index (χ3n) is 3.71. The summed E-state index contributed by atoms with van der Waals surface area (Å²) in [5, 5.41) is 0. The first-order chi connectivity index (χ1) is 11.1. The first kappa shape index (κ1) is 17.7. The summed E-state index contributed by atoms with van der Waals surface area (Å²) in [7, 11) is -1.33. The SMILES string of the molecule is CCCOc1c[nH]c(CS(=O)CC(=O)N2CCCCC2)cc1=O. The zero-order valence-corrected chi connectivity index (χ0v) is 14.3. The molecule has 6 nitrogen and oxygen atoms in total. The van der Waals surface area contributed by atoms with Crippen LogP contribution in [0, 0.1) is 0 Å². The van der Waals surface area contributed by atoms with E-state index in [1.54, 1.807) is 4.90 Å². The number of carbonyl (C=O) groups is 1. The van der Waals surface area contributed by atoms with Crippen LogP contribution in [0.3, 0.4) is 0 Å². The number of likely N-dealkylation sites (tertiary alicyclic amines) is 1. The Morgan fingerprint density at radius 1 is 1.35 bits per heavy atom. The highest BCUT2D eigenvalue weighted by Gasteiger charge is 2.19.